The third-order valence-electron chi connectivity index (χ3n) is 7.92. The molecule has 4 aliphatic carbocycles. The molecule has 3 fully saturated rings. The molecule has 23 heavy (non-hydrogen) atoms. The molecule has 3 heteroatoms. The number of fused-ring (bicyclic) bond motifs is 5. The van der Waals surface area contributed by atoms with E-state index in [0.717, 1.165) is 37.7 Å². The summed E-state index contributed by atoms with van der Waals surface area (Å²) in [5.74, 6) is 1.47. The number of hydrogen-bond acceptors (Lipinski definition) is 3. The van der Waals surface area contributed by atoms with Crippen LogP contribution in [0.25, 0.3) is 0 Å². The molecule has 0 aromatic heterocycles. The third-order valence-corrected chi connectivity index (χ3v) is 7.92. The molecule has 4 aliphatic rings. The van der Waals surface area contributed by atoms with Gasteiger partial charge in [-0.15, -0.1) is 0 Å². The summed E-state index contributed by atoms with van der Waals surface area (Å²) in [5.41, 5.74) is 1.65. The van der Waals surface area contributed by atoms with E-state index in [1.807, 2.05) is 13.0 Å². The molecule has 0 radical (unpaired) electrons. The number of allylic oxidation sites excluding steroid dienone is 4. The standard InChI is InChI=1S/C20H28O3/c1-11-10-19(2)12(8-16(11)21)4-5-13-14-6-7-17(22)20(14,3)18(23)9-15(13)19/h8,10,13-15,17-18,22-23H,4-7,9H2,1-3H3/t13-,14-,15-,17-,18-,19-,20-/m0/s1. The van der Waals surface area contributed by atoms with Crippen molar-refractivity contribution in [3.05, 3.63) is 23.3 Å². The molecule has 0 aromatic rings. The van der Waals surface area contributed by atoms with Crippen molar-refractivity contribution in [1.82, 2.24) is 0 Å². The van der Waals surface area contributed by atoms with Gasteiger partial charge in [0.1, 0.15) is 0 Å². The summed E-state index contributed by atoms with van der Waals surface area (Å²) in [4.78, 5) is 12.1. The molecule has 0 aliphatic heterocycles. The predicted octanol–water partition coefficient (Wildman–Crippen LogP) is 3.02. The Kier molecular flexibility index (Phi) is 3.25. The molecule has 0 heterocycles. The van der Waals surface area contributed by atoms with Crippen LogP contribution in [0, 0.1) is 28.6 Å². The van der Waals surface area contributed by atoms with E-state index in [9.17, 15) is 15.0 Å². The van der Waals surface area contributed by atoms with Crippen LogP contribution in [0.3, 0.4) is 0 Å². The predicted molar refractivity (Wildman–Crippen MR) is 88.6 cm³/mol. The number of hydrogen-bond donors (Lipinski definition) is 2. The summed E-state index contributed by atoms with van der Waals surface area (Å²) in [6, 6.07) is 0. The molecule has 3 nitrogen and oxygen atoms in total. The van der Waals surface area contributed by atoms with Crippen molar-refractivity contribution in [3.8, 4) is 0 Å². The van der Waals surface area contributed by atoms with Gasteiger partial charge in [-0.3, -0.25) is 4.79 Å². The van der Waals surface area contributed by atoms with Crippen molar-refractivity contribution in [1.29, 1.82) is 0 Å². The molecule has 0 aromatic carbocycles. The summed E-state index contributed by atoms with van der Waals surface area (Å²) < 4.78 is 0. The number of carbonyl (C=O) groups is 1. The average Bonchev–Trinajstić information content (AvgIpc) is 2.80. The summed E-state index contributed by atoms with van der Waals surface area (Å²) in [6.07, 6.45) is 7.84. The first-order valence-corrected chi connectivity index (χ1v) is 9.09. The van der Waals surface area contributed by atoms with Crippen LogP contribution < -0.4 is 0 Å². The maximum Gasteiger partial charge on any atom is 0.181 e. The van der Waals surface area contributed by atoms with Gasteiger partial charge in [-0.05, 0) is 68.4 Å². The smallest absolute Gasteiger partial charge is 0.181 e. The quantitative estimate of drug-likeness (QED) is 0.722. The largest absolute Gasteiger partial charge is 0.392 e. The average molecular weight is 316 g/mol. The number of aliphatic hydroxyl groups is 2. The van der Waals surface area contributed by atoms with Crippen LogP contribution in [-0.2, 0) is 4.79 Å². The van der Waals surface area contributed by atoms with E-state index >= 15 is 0 Å². The van der Waals surface area contributed by atoms with Crippen LogP contribution in [0.15, 0.2) is 23.3 Å². The lowest BCUT2D eigenvalue weighted by molar-refractivity contribution is -0.142. The Balaban J connectivity index is 1.76. The molecule has 7 atom stereocenters. The third kappa shape index (κ3) is 1.87. The first-order chi connectivity index (χ1) is 10.8. The number of carbonyl (C=O) groups excluding carboxylic acids is 1. The van der Waals surface area contributed by atoms with Gasteiger partial charge in [-0.1, -0.05) is 25.5 Å². The van der Waals surface area contributed by atoms with E-state index in [1.54, 1.807) is 0 Å². The highest BCUT2D eigenvalue weighted by Gasteiger charge is 2.62. The highest BCUT2D eigenvalue weighted by molar-refractivity contribution is 6.05. The lowest BCUT2D eigenvalue weighted by Crippen LogP contribution is -2.57. The Bertz CT molecular complexity index is 618. The first-order valence-electron chi connectivity index (χ1n) is 9.09. The van der Waals surface area contributed by atoms with Gasteiger partial charge in [0.2, 0.25) is 0 Å². The summed E-state index contributed by atoms with van der Waals surface area (Å²) in [7, 11) is 0. The van der Waals surface area contributed by atoms with Gasteiger partial charge < -0.3 is 10.2 Å². The molecule has 0 bridgehead atoms. The minimum atomic E-state index is -0.450. The van der Waals surface area contributed by atoms with Gasteiger partial charge in [-0.2, -0.15) is 0 Å². The Morgan fingerprint density at radius 1 is 1.09 bits per heavy atom. The lowest BCUT2D eigenvalue weighted by atomic mass is 9.47. The second-order valence-electron chi connectivity index (χ2n) is 8.77. The molecule has 4 rings (SSSR count). The van der Waals surface area contributed by atoms with Gasteiger partial charge in [0.25, 0.3) is 0 Å². The normalized spacial score (nSPS) is 52.2. The van der Waals surface area contributed by atoms with Crippen molar-refractivity contribution in [2.75, 3.05) is 0 Å². The first kappa shape index (κ1) is 15.6. The minimum Gasteiger partial charge on any atom is -0.392 e. The summed E-state index contributed by atoms with van der Waals surface area (Å²) in [6.45, 7) is 6.26. The van der Waals surface area contributed by atoms with Crippen LogP contribution in [-0.4, -0.2) is 28.2 Å². The lowest BCUT2D eigenvalue weighted by Gasteiger charge is -2.58. The monoisotopic (exact) mass is 316 g/mol. The minimum absolute atomic E-state index is 0.100. The highest BCUT2D eigenvalue weighted by Crippen LogP contribution is 2.64. The number of ketones is 1. The second kappa shape index (κ2) is 4.80. The summed E-state index contributed by atoms with van der Waals surface area (Å²) in [5, 5.41) is 21.4. The van der Waals surface area contributed by atoms with E-state index in [1.165, 1.54) is 5.57 Å². The molecular weight excluding hydrogens is 288 g/mol. The molecule has 0 spiro atoms. The molecule has 2 N–H and O–H groups in total. The van der Waals surface area contributed by atoms with Gasteiger partial charge in [0, 0.05) is 10.8 Å². The topological polar surface area (TPSA) is 57.5 Å². The zero-order chi connectivity index (χ0) is 16.6. The highest BCUT2D eigenvalue weighted by atomic mass is 16.3. The summed E-state index contributed by atoms with van der Waals surface area (Å²) >= 11 is 0. The van der Waals surface area contributed by atoms with Crippen molar-refractivity contribution in [2.45, 2.75) is 65.1 Å². The van der Waals surface area contributed by atoms with Crippen LogP contribution in [0.2, 0.25) is 0 Å². The molecule has 0 amide bonds. The van der Waals surface area contributed by atoms with Crippen molar-refractivity contribution in [3.63, 3.8) is 0 Å². The Hall–Kier alpha value is -0.930. The fourth-order valence-electron chi connectivity index (χ4n) is 6.44. The van der Waals surface area contributed by atoms with Crippen LogP contribution in [0.5, 0.6) is 0 Å². The zero-order valence-corrected chi connectivity index (χ0v) is 14.4. The number of aliphatic hydroxyl groups excluding tert-OH is 2. The van der Waals surface area contributed by atoms with Crippen LogP contribution in [0.4, 0.5) is 0 Å². The van der Waals surface area contributed by atoms with Gasteiger partial charge in [0.05, 0.1) is 12.2 Å². The SMILES string of the molecule is CC1=C[C@@]2(C)C(=CC1=O)CC[C@H]1[C@@H]3CC[C@H](O)[C@@]3(C)[C@@H](O)C[C@@H]12. The van der Waals surface area contributed by atoms with Gasteiger partial charge >= 0.3 is 0 Å². The zero-order valence-electron chi connectivity index (χ0n) is 14.4. The molecule has 0 unspecified atom stereocenters. The van der Waals surface area contributed by atoms with Crippen LogP contribution >= 0.6 is 0 Å². The van der Waals surface area contributed by atoms with Crippen molar-refractivity contribution >= 4 is 5.78 Å². The van der Waals surface area contributed by atoms with Gasteiger partial charge in [-0.25, -0.2) is 0 Å². The van der Waals surface area contributed by atoms with Gasteiger partial charge in [0.15, 0.2) is 5.78 Å². The maximum atomic E-state index is 12.1. The van der Waals surface area contributed by atoms with E-state index < -0.39 is 6.10 Å². The van der Waals surface area contributed by atoms with E-state index in [0.29, 0.717) is 17.8 Å². The fraction of sp³-hybridized carbons (Fsp3) is 0.750. The van der Waals surface area contributed by atoms with Crippen molar-refractivity contribution < 1.29 is 15.0 Å². The maximum absolute atomic E-state index is 12.1. The Morgan fingerprint density at radius 2 is 1.83 bits per heavy atom. The Morgan fingerprint density at radius 3 is 2.57 bits per heavy atom. The van der Waals surface area contributed by atoms with Crippen molar-refractivity contribution in [2.24, 2.45) is 28.6 Å². The van der Waals surface area contributed by atoms with E-state index in [4.69, 9.17) is 0 Å². The van der Waals surface area contributed by atoms with Crippen LogP contribution in [0.1, 0.15) is 52.9 Å². The second-order valence-corrected chi connectivity index (χ2v) is 8.77. The molecule has 126 valence electrons. The number of rotatable bonds is 0. The van der Waals surface area contributed by atoms with E-state index in [2.05, 4.69) is 19.9 Å². The molecular formula is C20H28O3. The molecule has 3 saturated carbocycles. The Labute approximate surface area is 138 Å². The fourth-order valence-corrected chi connectivity index (χ4v) is 6.44. The van der Waals surface area contributed by atoms with E-state index in [-0.39, 0.29) is 22.7 Å². The molecule has 0 saturated heterocycles.